The Morgan fingerprint density at radius 2 is 1.92 bits per heavy atom. The molecule has 7 heteroatoms. The first-order chi connectivity index (χ1) is 11.6. The summed E-state index contributed by atoms with van der Waals surface area (Å²) in [6, 6.07) is 15.4. The number of hydrazone groups is 1. The van der Waals surface area contributed by atoms with Gasteiger partial charge in [0.1, 0.15) is 11.0 Å². The van der Waals surface area contributed by atoms with Crippen LogP contribution in [-0.4, -0.2) is 16.3 Å². The van der Waals surface area contributed by atoms with Crippen LogP contribution in [0.25, 0.3) is 10.9 Å². The van der Waals surface area contributed by atoms with Crippen molar-refractivity contribution in [3.63, 3.8) is 0 Å². The fourth-order valence-corrected chi connectivity index (χ4v) is 2.42. The number of nitrogens with zero attached hydrogens (tertiary/aromatic N) is 2. The number of fused-ring (bicyclic) bond motifs is 1. The number of nitrogens with one attached hydrogen (secondary N) is 2. The number of anilines is 1. The Labute approximate surface area is 148 Å². The van der Waals surface area contributed by atoms with Crippen LogP contribution in [0.5, 0.6) is 0 Å². The van der Waals surface area contributed by atoms with E-state index in [-0.39, 0.29) is 10.9 Å². The van der Waals surface area contributed by atoms with Crippen LogP contribution in [0.4, 0.5) is 10.1 Å². The van der Waals surface area contributed by atoms with Crippen molar-refractivity contribution in [3.8, 4) is 0 Å². The first kappa shape index (κ1) is 16.3. The standard InChI is InChI=1S/C17H12ClFN4S/c18-16-12(9-11-3-1-2-4-15(11)22-16)10-20-23-17(24)21-14-7-5-13(19)6-8-14/h1-10H,(H2,21,23,24). The lowest BCUT2D eigenvalue weighted by atomic mass is 10.2. The van der Waals surface area contributed by atoms with Crippen LogP contribution in [0.2, 0.25) is 5.15 Å². The van der Waals surface area contributed by atoms with Crippen LogP contribution in [0.1, 0.15) is 5.56 Å². The maximum absolute atomic E-state index is 12.8. The van der Waals surface area contributed by atoms with Gasteiger partial charge in [0.15, 0.2) is 5.11 Å². The highest BCUT2D eigenvalue weighted by atomic mass is 35.5. The van der Waals surface area contributed by atoms with Crippen molar-refractivity contribution in [2.24, 2.45) is 5.10 Å². The van der Waals surface area contributed by atoms with Crippen molar-refractivity contribution in [1.82, 2.24) is 10.4 Å². The van der Waals surface area contributed by atoms with E-state index in [9.17, 15) is 4.39 Å². The monoisotopic (exact) mass is 358 g/mol. The minimum absolute atomic E-state index is 0.280. The molecular weight excluding hydrogens is 347 g/mol. The number of thiocarbonyl (C=S) groups is 1. The topological polar surface area (TPSA) is 49.3 Å². The lowest BCUT2D eigenvalue weighted by molar-refractivity contribution is 0.628. The molecule has 1 aromatic heterocycles. The molecule has 0 bridgehead atoms. The number of halogens is 2. The molecule has 0 aliphatic heterocycles. The van der Waals surface area contributed by atoms with Crippen molar-refractivity contribution in [1.29, 1.82) is 0 Å². The van der Waals surface area contributed by atoms with Crippen LogP contribution in [-0.2, 0) is 0 Å². The van der Waals surface area contributed by atoms with Gasteiger partial charge in [0, 0.05) is 16.6 Å². The molecule has 0 radical (unpaired) electrons. The van der Waals surface area contributed by atoms with Gasteiger partial charge in [0.25, 0.3) is 0 Å². The number of benzene rings is 2. The largest absolute Gasteiger partial charge is 0.331 e. The lowest BCUT2D eigenvalue weighted by Crippen LogP contribution is -2.23. The molecule has 0 amide bonds. The summed E-state index contributed by atoms with van der Waals surface area (Å²) in [7, 11) is 0. The summed E-state index contributed by atoms with van der Waals surface area (Å²) < 4.78 is 12.8. The highest BCUT2D eigenvalue weighted by Gasteiger charge is 2.03. The molecule has 3 aromatic rings. The van der Waals surface area contributed by atoms with Gasteiger partial charge in [-0.1, -0.05) is 29.8 Å². The fraction of sp³-hybridized carbons (Fsp3) is 0. The predicted molar refractivity (Wildman–Crippen MR) is 100 cm³/mol. The van der Waals surface area contributed by atoms with Crippen LogP contribution in [0, 0.1) is 5.82 Å². The van der Waals surface area contributed by atoms with Gasteiger partial charge >= 0.3 is 0 Å². The molecule has 4 nitrogen and oxygen atoms in total. The third-order valence-electron chi connectivity index (χ3n) is 3.18. The van der Waals surface area contributed by atoms with Gasteiger partial charge in [0.2, 0.25) is 0 Å². The van der Waals surface area contributed by atoms with E-state index in [0.29, 0.717) is 16.4 Å². The first-order valence-corrected chi connectivity index (χ1v) is 7.81. The van der Waals surface area contributed by atoms with E-state index >= 15 is 0 Å². The van der Waals surface area contributed by atoms with Crippen molar-refractivity contribution >= 4 is 51.7 Å². The van der Waals surface area contributed by atoms with E-state index in [1.165, 1.54) is 12.1 Å². The summed E-state index contributed by atoms with van der Waals surface area (Å²) in [5.74, 6) is -0.309. The van der Waals surface area contributed by atoms with E-state index < -0.39 is 0 Å². The average molecular weight is 359 g/mol. The zero-order valence-corrected chi connectivity index (χ0v) is 13.9. The number of aromatic nitrogens is 1. The predicted octanol–water partition coefficient (Wildman–Crippen LogP) is 4.35. The lowest BCUT2D eigenvalue weighted by Gasteiger charge is -2.06. The zero-order valence-electron chi connectivity index (χ0n) is 12.3. The summed E-state index contributed by atoms with van der Waals surface area (Å²) in [6.07, 6.45) is 1.54. The maximum Gasteiger partial charge on any atom is 0.191 e. The summed E-state index contributed by atoms with van der Waals surface area (Å²) in [6.45, 7) is 0. The van der Waals surface area contributed by atoms with Gasteiger partial charge < -0.3 is 5.32 Å². The number of hydrogen-bond donors (Lipinski definition) is 2. The summed E-state index contributed by atoms with van der Waals surface area (Å²) in [5, 5.41) is 8.54. The molecule has 0 fully saturated rings. The number of para-hydroxylation sites is 1. The van der Waals surface area contributed by atoms with E-state index in [1.807, 2.05) is 30.3 Å². The van der Waals surface area contributed by atoms with E-state index in [0.717, 1.165) is 10.9 Å². The third kappa shape index (κ3) is 4.04. The van der Waals surface area contributed by atoms with Gasteiger partial charge in [-0.3, -0.25) is 5.43 Å². The second kappa shape index (κ2) is 7.33. The number of hydrogen-bond acceptors (Lipinski definition) is 3. The van der Waals surface area contributed by atoms with Crippen LogP contribution in [0.3, 0.4) is 0 Å². The van der Waals surface area contributed by atoms with Crippen LogP contribution >= 0.6 is 23.8 Å². The molecule has 1 heterocycles. The molecule has 0 atom stereocenters. The van der Waals surface area contributed by atoms with Crippen molar-refractivity contribution < 1.29 is 4.39 Å². The summed E-state index contributed by atoms with van der Waals surface area (Å²) in [4.78, 5) is 4.31. The molecule has 2 aromatic carbocycles. The zero-order chi connectivity index (χ0) is 16.9. The van der Waals surface area contributed by atoms with Gasteiger partial charge in [-0.15, -0.1) is 0 Å². The normalized spacial score (nSPS) is 10.9. The van der Waals surface area contributed by atoms with Gasteiger partial charge in [0.05, 0.1) is 11.7 Å². The quantitative estimate of drug-likeness (QED) is 0.316. The molecule has 24 heavy (non-hydrogen) atoms. The van der Waals surface area contributed by atoms with Crippen LogP contribution < -0.4 is 10.7 Å². The average Bonchev–Trinajstić information content (AvgIpc) is 2.57. The molecule has 0 unspecified atom stereocenters. The molecule has 0 aliphatic carbocycles. The maximum atomic E-state index is 12.8. The van der Waals surface area contributed by atoms with E-state index in [1.54, 1.807) is 18.3 Å². The molecular formula is C17H12ClFN4S. The molecule has 2 N–H and O–H groups in total. The highest BCUT2D eigenvalue weighted by Crippen LogP contribution is 2.18. The highest BCUT2D eigenvalue weighted by molar-refractivity contribution is 7.80. The first-order valence-electron chi connectivity index (χ1n) is 7.03. The Morgan fingerprint density at radius 1 is 1.17 bits per heavy atom. The van der Waals surface area contributed by atoms with Crippen molar-refractivity contribution in [3.05, 3.63) is 71.1 Å². The smallest absolute Gasteiger partial charge is 0.191 e. The number of pyridine rings is 1. The molecule has 120 valence electrons. The van der Waals surface area contributed by atoms with E-state index in [4.69, 9.17) is 23.8 Å². The summed E-state index contributed by atoms with van der Waals surface area (Å²) >= 11 is 11.3. The summed E-state index contributed by atoms with van der Waals surface area (Å²) in [5.41, 5.74) is 4.83. The van der Waals surface area contributed by atoms with Gasteiger partial charge in [-0.2, -0.15) is 5.10 Å². The Kier molecular flexibility index (Phi) is 4.98. The fourth-order valence-electron chi connectivity index (χ4n) is 2.05. The minimum Gasteiger partial charge on any atom is -0.331 e. The molecule has 3 rings (SSSR count). The number of rotatable bonds is 3. The Balaban J connectivity index is 1.66. The molecule has 0 aliphatic rings. The Bertz CT molecular complexity index is 912. The Hall–Kier alpha value is -2.57. The van der Waals surface area contributed by atoms with E-state index in [2.05, 4.69) is 20.8 Å². The second-order valence-corrected chi connectivity index (χ2v) is 5.66. The van der Waals surface area contributed by atoms with Crippen molar-refractivity contribution in [2.75, 3.05) is 5.32 Å². The Morgan fingerprint density at radius 3 is 2.71 bits per heavy atom. The minimum atomic E-state index is -0.309. The van der Waals surface area contributed by atoms with Crippen LogP contribution in [0.15, 0.2) is 59.7 Å². The SMILES string of the molecule is Fc1ccc(NC(=S)NN=Cc2cc3ccccc3nc2Cl)cc1. The van der Waals surface area contributed by atoms with Gasteiger partial charge in [-0.25, -0.2) is 9.37 Å². The molecule has 0 saturated heterocycles. The van der Waals surface area contributed by atoms with Crippen molar-refractivity contribution in [2.45, 2.75) is 0 Å². The second-order valence-electron chi connectivity index (χ2n) is 4.89. The molecule has 0 spiro atoms. The van der Waals surface area contributed by atoms with Gasteiger partial charge in [-0.05, 0) is 48.6 Å². The third-order valence-corrected chi connectivity index (χ3v) is 3.67. The molecule has 0 saturated carbocycles.